The Hall–Kier alpha value is -2.95. The normalized spacial score (nSPS) is 18.3. The van der Waals surface area contributed by atoms with Crippen molar-refractivity contribution in [2.24, 2.45) is 5.41 Å². The van der Waals surface area contributed by atoms with Crippen LogP contribution in [-0.4, -0.2) is 23.2 Å². The van der Waals surface area contributed by atoms with Crippen LogP contribution in [0.1, 0.15) is 70.2 Å². The van der Waals surface area contributed by atoms with Crippen LogP contribution in [0.5, 0.6) is 0 Å². The van der Waals surface area contributed by atoms with E-state index in [1.165, 1.54) is 24.7 Å². The summed E-state index contributed by atoms with van der Waals surface area (Å²) in [5.41, 5.74) is 6.18. The number of allylic oxidation sites excluding steroid dienone is 6. The lowest BCUT2D eigenvalue weighted by atomic mass is 9.71. The number of rotatable bonds is 5. The second kappa shape index (κ2) is 9.68. The van der Waals surface area contributed by atoms with Crippen molar-refractivity contribution in [3.8, 4) is 11.4 Å². The Morgan fingerprint density at radius 1 is 1.19 bits per heavy atom. The zero-order valence-electron chi connectivity index (χ0n) is 19.3. The monoisotopic (exact) mass is 432 g/mol. The van der Waals surface area contributed by atoms with Crippen molar-refractivity contribution in [1.29, 1.82) is 0 Å². The van der Waals surface area contributed by atoms with Crippen molar-refractivity contribution < 1.29 is 14.1 Å². The predicted molar refractivity (Wildman–Crippen MR) is 126 cm³/mol. The molecule has 0 aliphatic heterocycles. The maximum Gasteiger partial charge on any atom is 0.305 e. The van der Waals surface area contributed by atoms with Crippen LogP contribution in [0.3, 0.4) is 0 Å². The fourth-order valence-electron chi connectivity index (χ4n) is 4.47. The number of ether oxygens (including phenoxy) is 1. The summed E-state index contributed by atoms with van der Waals surface area (Å²) in [7, 11) is 1.41. The van der Waals surface area contributed by atoms with E-state index in [1.54, 1.807) is 0 Å². The highest BCUT2D eigenvalue weighted by atomic mass is 16.5. The third-order valence-electron chi connectivity index (χ3n) is 6.40. The highest BCUT2D eigenvalue weighted by Crippen LogP contribution is 2.44. The van der Waals surface area contributed by atoms with E-state index in [0.29, 0.717) is 30.0 Å². The molecule has 2 aliphatic rings. The number of carbonyl (C=O) groups excluding carboxylic acids is 1. The number of hydrogen-bond donors (Lipinski definition) is 0. The van der Waals surface area contributed by atoms with E-state index in [2.05, 4.69) is 37.2 Å². The number of fused-ring (bicyclic) bond motifs is 1. The van der Waals surface area contributed by atoms with Gasteiger partial charge in [0, 0.05) is 17.6 Å². The molecule has 2 aliphatic carbocycles. The molecule has 5 nitrogen and oxygen atoms in total. The van der Waals surface area contributed by atoms with Crippen LogP contribution >= 0.6 is 0 Å². The summed E-state index contributed by atoms with van der Waals surface area (Å²) in [6.45, 7) is 4.71. The third-order valence-corrected chi connectivity index (χ3v) is 6.40. The lowest BCUT2D eigenvalue weighted by Gasteiger charge is -2.34. The number of benzene rings is 1. The molecule has 1 heterocycles. The van der Waals surface area contributed by atoms with Gasteiger partial charge in [0.2, 0.25) is 5.82 Å². The first-order valence-electron chi connectivity index (χ1n) is 11.5. The number of nitrogens with zero attached hydrogens (tertiary/aromatic N) is 2. The number of esters is 1. The lowest BCUT2D eigenvalue weighted by Crippen LogP contribution is -2.19. The molecule has 0 saturated heterocycles. The minimum absolute atomic E-state index is 0.200. The summed E-state index contributed by atoms with van der Waals surface area (Å²) in [6, 6.07) is 7.96. The van der Waals surface area contributed by atoms with Crippen LogP contribution < -0.4 is 0 Å². The molecule has 0 spiro atoms. The second-order valence-electron chi connectivity index (χ2n) is 9.49. The Bertz CT molecular complexity index is 1050. The minimum Gasteiger partial charge on any atom is -0.469 e. The van der Waals surface area contributed by atoms with Crippen molar-refractivity contribution in [2.45, 2.75) is 65.2 Å². The van der Waals surface area contributed by atoms with E-state index in [9.17, 15) is 4.79 Å². The van der Waals surface area contributed by atoms with Gasteiger partial charge in [-0.3, -0.25) is 4.79 Å². The van der Waals surface area contributed by atoms with Gasteiger partial charge in [0.05, 0.1) is 7.11 Å². The molecule has 1 aromatic heterocycles. The predicted octanol–water partition coefficient (Wildman–Crippen LogP) is 6.47. The molecule has 1 fully saturated rings. The number of methoxy groups -OCH3 is 1. The molecule has 1 aromatic carbocycles. The summed E-state index contributed by atoms with van der Waals surface area (Å²) in [4.78, 5) is 16.1. The summed E-state index contributed by atoms with van der Waals surface area (Å²) in [5.74, 6) is 0.977. The average Bonchev–Trinajstić information content (AvgIpc) is 3.29. The fourth-order valence-corrected chi connectivity index (χ4v) is 4.47. The van der Waals surface area contributed by atoms with Crippen molar-refractivity contribution in [2.75, 3.05) is 7.11 Å². The van der Waals surface area contributed by atoms with E-state index in [4.69, 9.17) is 14.2 Å². The zero-order valence-corrected chi connectivity index (χ0v) is 19.3. The number of aryl methyl sites for hydroxylation is 1. The van der Waals surface area contributed by atoms with Gasteiger partial charge in [-0.1, -0.05) is 61.5 Å². The first-order valence-corrected chi connectivity index (χ1v) is 11.5. The van der Waals surface area contributed by atoms with Gasteiger partial charge in [-0.2, -0.15) is 4.98 Å². The molecular weight excluding hydrogens is 400 g/mol. The number of carbonyl (C=O) groups is 1. The smallest absolute Gasteiger partial charge is 0.305 e. The Kier molecular flexibility index (Phi) is 6.73. The van der Waals surface area contributed by atoms with Crippen molar-refractivity contribution >= 4 is 11.5 Å². The zero-order chi connectivity index (χ0) is 22.6. The molecule has 0 radical (unpaired) electrons. The third kappa shape index (κ3) is 5.26. The molecule has 0 amide bonds. The molecule has 0 bridgehead atoms. The van der Waals surface area contributed by atoms with Crippen LogP contribution in [0, 0.1) is 5.41 Å². The van der Waals surface area contributed by atoms with E-state index >= 15 is 0 Å². The van der Waals surface area contributed by atoms with Crippen LogP contribution in [-0.2, 0) is 16.0 Å². The second-order valence-corrected chi connectivity index (χ2v) is 9.49. The molecule has 0 atom stereocenters. The van der Waals surface area contributed by atoms with Crippen molar-refractivity contribution in [3.63, 3.8) is 0 Å². The quantitative estimate of drug-likeness (QED) is 0.506. The SMILES string of the molecule is COC(=O)CCc1ccc(-c2noc(C3=C4CCC(C)(C)CC4=CCCCC=C3)n2)cc1. The van der Waals surface area contributed by atoms with Gasteiger partial charge in [0.1, 0.15) is 0 Å². The molecule has 1 saturated carbocycles. The molecule has 32 heavy (non-hydrogen) atoms. The Morgan fingerprint density at radius 3 is 2.78 bits per heavy atom. The van der Waals surface area contributed by atoms with Gasteiger partial charge < -0.3 is 9.26 Å². The first kappa shape index (κ1) is 22.3. The molecule has 4 rings (SSSR count). The first-order chi connectivity index (χ1) is 15.4. The summed E-state index contributed by atoms with van der Waals surface area (Å²) >= 11 is 0. The van der Waals surface area contributed by atoms with E-state index in [0.717, 1.165) is 48.8 Å². The summed E-state index contributed by atoms with van der Waals surface area (Å²) in [6.07, 6.45) is 14.5. The van der Waals surface area contributed by atoms with E-state index in [1.807, 2.05) is 24.3 Å². The van der Waals surface area contributed by atoms with Crippen LogP contribution in [0.15, 0.2) is 58.2 Å². The summed E-state index contributed by atoms with van der Waals surface area (Å²) in [5, 5.41) is 4.27. The Labute approximate surface area is 190 Å². The van der Waals surface area contributed by atoms with Crippen LogP contribution in [0.4, 0.5) is 0 Å². The average molecular weight is 433 g/mol. The Morgan fingerprint density at radius 2 is 2.00 bits per heavy atom. The van der Waals surface area contributed by atoms with Crippen molar-refractivity contribution in [3.05, 3.63) is 65.1 Å². The number of aromatic nitrogens is 2. The molecule has 0 N–H and O–H groups in total. The highest BCUT2D eigenvalue weighted by Gasteiger charge is 2.30. The molecule has 5 heteroatoms. The Balaban J connectivity index is 1.60. The highest BCUT2D eigenvalue weighted by molar-refractivity contribution is 5.76. The lowest BCUT2D eigenvalue weighted by molar-refractivity contribution is -0.140. The summed E-state index contributed by atoms with van der Waals surface area (Å²) < 4.78 is 10.5. The van der Waals surface area contributed by atoms with Gasteiger partial charge in [-0.15, -0.1) is 0 Å². The fraction of sp³-hybridized carbons (Fsp3) is 0.444. The largest absolute Gasteiger partial charge is 0.469 e. The van der Waals surface area contributed by atoms with Crippen LogP contribution in [0.25, 0.3) is 17.0 Å². The number of hydrogen-bond acceptors (Lipinski definition) is 5. The maximum atomic E-state index is 11.4. The van der Waals surface area contributed by atoms with Gasteiger partial charge in [0.15, 0.2) is 0 Å². The van der Waals surface area contributed by atoms with Gasteiger partial charge in [-0.25, -0.2) is 0 Å². The van der Waals surface area contributed by atoms with Gasteiger partial charge in [-0.05, 0) is 67.1 Å². The van der Waals surface area contributed by atoms with Crippen molar-refractivity contribution in [1.82, 2.24) is 10.1 Å². The van der Waals surface area contributed by atoms with Crippen LogP contribution in [0.2, 0.25) is 0 Å². The molecular formula is C27H32N2O3. The standard InChI is InChI=1S/C27H32N2O3/c1-27(2)17-16-22-21(18-27)8-6-4-5-7-9-23(22)26-28-25(29-32-26)20-13-10-19(11-14-20)12-15-24(30)31-3/h7-11,13-14H,4-6,12,15-18H2,1-3H3. The maximum absolute atomic E-state index is 11.4. The van der Waals surface area contributed by atoms with Gasteiger partial charge in [0.25, 0.3) is 5.89 Å². The van der Waals surface area contributed by atoms with E-state index in [-0.39, 0.29) is 5.97 Å². The van der Waals surface area contributed by atoms with Gasteiger partial charge >= 0.3 is 5.97 Å². The molecule has 2 aromatic rings. The minimum atomic E-state index is -0.200. The topological polar surface area (TPSA) is 65.2 Å². The molecule has 0 unspecified atom stereocenters. The van der Waals surface area contributed by atoms with E-state index < -0.39 is 0 Å². The molecule has 168 valence electrons.